The number of aromatic nitrogens is 3. The summed E-state index contributed by atoms with van der Waals surface area (Å²) in [5, 5.41) is 7.10. The highest BCUT2D eigenvalue weighted by Gasteiger charge is 2.24. The molecule has 1 saturated carbocycles. The van der Waals surface area contributed by atoms with E-state index >= 15 is 0 Å². The SMILES string of the molecule is Cn1cc(-c2ccc(CNC(=O)C3CCC3)cn2)cn1. The van der Waals surface area contributed by atoms with E-state index in [1.165, 1.54) is 6.42 Å². The molecule has 0 unspecified atom stereocenters. The van der Waals surface area contributed by atoms with Gasteiger partial charge in [-0.3, -0.25) is 14.5 Å². The first-order chi connectivity index (χ1) is 9.72. The monoisotopic (exact) mass is 270 g/mol. The summed E-state index contributed by atoms with van der Waals surface area (Å²) in [5.41, 5.74) is 2.91. The molecule has 0 radical (unpaired) electrons. The van der Waals surface area contributed by atoms with Crippen LogP contribution in [-0.2, 0) is 18.4 Å². The summed E-state index contributed by atoms with van der Waals surface area (Å²) in [6, 6.07) is 3.96. The first-order valence-electron chi connectivity index (χ1n) is 6.94. The van der Waals surface area contributed by atoms with Crippen molar-refractivity contribution in [3.63, 3.8) is 0 Å². The van der Waals surface area contributed by atoms with Crippen molar-refractivity contribution >= 4 is 5.91 Å². The van der Waals surface area contributed by atoms with Gasteiger partial charge in [0.25, 0.3) is 0 Å². The first kappa shape index (κ1) is 12.8. The molecule has 0 saturated heterocycles. The van der Waals surface area contributed by atoms with Gasteiger partial charge in [0, 0.05) is 37.5 Å². The van der Waals surface area contributed by atoms with Crippen LogP contribution < -0.4 is 5.32 Å². The molecule has 2 aromatic heterocycles. The Bertz CT molecular complexity index is 599. The quantitative estimate of drug-likeness (QED) is 0.923. The van der Waals surface area contributed by atoms with Crippen molar-refractivity contribution in [1.29, 1.82) is 0 Å². The van der Waals surface area contributed by atoms with E-state index in [0.29, 0.717) is 6.54 Å². The van der Waals surface area contributed by atoms with Crippen LogP contribution >= 0.6 is 0 Å². The molecule has 20 heavy (non-hydrogen) atoms. The molecular weight excluding hydrogens is 252 g/mol. The Morgan fingerprint density at radius 2 is 2.25 bits per heavy atom. The molecule has 1 fully saturated rings. The highest BCUT2D eigenvalue weighted by atomic mass is 16.1. The molecular formula is C15H18N4O. The maximum Gasteiger partial charge on any atom is 0.223 e. The molecule has 1 N–H and O–H groups in total. The van der Waals surface area contributed by atoms with E-state index in [4.69, 9.17) is 0 Å². The molecule has 0 spiro atoms. The molecule has 2 aromatic rings. The van der Waals surface area contributed by atoms with Crippen LogP contribution in [0.3, 0.4) is 0 Å². The maximum absolute atomic E-state index is 11.7. The first-order valence-corrected chi connectivity index (χ1v) is 6.94. The lowest BCUT2D eigenvalue weighted by molar-refractivity contribution is -0.127. The molecule has 0 atom stereocenters. The average Bonchev–Trinajstić information content (AvgIpc) is 2.82. The lowest BCUT2D eigenvalue weighted by atomic mass is 9.85. The van der Waals surface area contributed by atoms with Crippen molar-refractivity contribution in [3.8, 4) is 11.3 Å². The molecule has 0 aliphatic heterocycles. The Morgan fingerprint density at radius 3 is 2.80 bits per heavy atom. The van der Waals surface area contributed by atoms with E-state index in [2.05, 4.69) is 15.4 Å². The van der Waals surface area contributed by atoms with E-state index in [1.807, 2.05) is 31.6 Å². The van der Waals surface area contributed by atoms with E-state index in [1.54, 1.807) is 10.9 Å². The Labute approximate surface area is 118 Å². The van der Waals surface area contributed by atoms with Gasteiger partial charge in [0.1, 0.15) is 0 Å². The molecule has 3 rings (SSSR count). The maximum atomic E-state index is 11.7. The Hall–Kier alpha value is -2.17. The number of nitrogens with zero attached hydrogens (tertiary/aromatic N) is 3. The van der Waals surface area contributed by atoms with Gasteiger partial charge >= 0.3 is 0 Å². The van der Waals surface area contributed by atoms with Gasteiger partial charge in [0.15, 0.2) is 0 Å². The van der Waals surface area contributed by atoms with E-state index in [9.17, 15) is 4.79 Å². The van der Waals surface area contributed by atoms with Gasteiger partial charge in [0.05, 0.1) is 11.9 Å². The van der Waals surface area contributed by atoms with Gasteiger partial charge in [-0.2, -0.15) is 5.10 Å². The number of nitrogens with one attached hydrogen (secondary N) is 1. The van der Waals surface area contributed by atoms with Crippen molar-refractivity contribution < 1.29 is 4.79 Å². The van der Waals surface area contributed by atoms with Gasteiger partial charge in [0.2, 0.25) is 5.91 Å². The molecule has 5 heteroatoms. The standard InChI is InChI=1S/C15H18N4O/c1-19-10-13(9-18-19)14-6-5-11(7-16-14)8-17-15(20)12-3-2-4-12/h5-7,9-10,12H,2-4,8H2,1H3,(H,17,20). The van der Waals surface area contributed by atoms with Crippen LogP contribution in [0.2, 0.25) is 0 Å². The predicted molar refractivity (Wildman–Crippen MR) is 75.6 cm³/mol. The van der Waals surface area contributed by atoms with E-state index in [-0.39, 0.29) is 11.8 Å². The fourth-order valence-corrected chi connectivity index (χ4v) is 2.26. The lowest BCUT2D eigenvalue weighted by Gasteiger charge is -2.23. The van der Waals surface area contributed by atoms with Crippen LogP contribution in [0.15, 0.2) is 30.7 Å². The lowest BCUT2D eigenvalue weighted by Crippen LogP contribution is -2.33. The van der Waals surface area contributed by atoms with Gasteiger partial charge in [-0.05, 0) is 24.5 Å². The summed E-state index contributed by atoms with van der Waals surface area (Å²) < 4.78 is 1.75. The average molecular weight is 270 g/mol. The minimum absolute atomic E-state index is 0.174. The molecule has 0 bridgehead atoms. The van der Waals surface area contributed by atoms with Gasteiger partial charge < -0.3 is 5.32 Å². The van der Waals surface area contributed by atoms with Crippen LogP contribution in [0.25, 0.3) is 11.3 Å². The summed E-state index contributed by atoms with van der Waals surface area (Å²) in [5.74, 6) is 0.408. The third-order valence-electron chi connectivity index (χ3n) is 3.77. The minimum atomic E-state index is 0.174. The Kier molecular flexibility index (Phi) is 3.50. The second kappa shape index (κ2) is 5.45. The molecule has 0 aromatic carbocycles. The topological polar surface area (TPSA) is 59.8 Å². The van der Waals surface area contributed by atoms with Crippen molar-refractivity contribution in [2.75, 3.05) is 0 Å². The van der Waals surface area contributed by atoms with Crippen molar-refractivity contribution in [1.82, 2.24) is 20.1 Å². The molecule has 104 valence electrons. The van der Waals surface area contributed by atoms with Crippen LogP contribution in [-0.4, -0.2) is 20.7 Å². The minimum Gasteiger partial charge on any atom is -0.352 e. The Morgan fingerprint density at radius 1 is 1.40 bits per heavy atom. The third-order valence-corrected chi connectivity index (χ3v) is 3.77. The zero-order valence-electron chi connectivity index (χ0n) is 11.5. The number of carbonyl (C=O) groups is 1. The van der Waals surface area contributed by atoms with Crippen LogP contribution in [0.1, 0.15) is 24.8 Å². The second-order valence-corrected chi connectivity index (χ2v) is 5.30. The predicted octanol–water partition coefficient (Wildman–Crippen LogP) is 1.90. The highest BCUT2D eigenvalue weighted by Crippen LogP contribution is 2.26. The van der Waals surface area contributed by atoms with Gasteiger partial charge in [-0.25, -0.2) is 0 Å². The number of hydrogen-bond donors (Lipinski definition) is 1. The number of amides is 1. The summed E-state index contributed by atoms with van der Waals surface area (Å²) in [4.78, 5) is 16.2. The van der Waals surface area contributed by atoms with Crippen molar-refractivity contribution in [3.05, 3.63) is 36.3 Å². The van der Waals surface area contributed by atoms with E-state index < -0.39 is 0 Å². The number of aryl methyl sites for hydroxylation is 1. The summed E-state index contributed by atoms with van der Waals surface area (Å²) in [6.07, 6.45) is 8.78. The normalized spacial score (nSPS) is 14.8. The molecule has 1 aliphatic carbocycles. The summed E-state index contributed by atoms with van der Waals surface area (Å²) >= 11 is 0. The number of pyridine rings is 1. The third kappa shape index (κ3) is 2.71. The van der Waals surface area contributed by atoms with Crippen molar-refractivity contribution in [2.45, 2.75) is 25.8 Å². The molecule has 1 amide bonds. The summed E-state index contributed by atoms with van der Waals surface area (Å²) in [6.45, 7) is 0.551. The van der Waals surface area contributed by atoms with Gasteiger partial charge in [-0.1, -0.05) is 12.5 Å². The molecule has 5 nitrogen and oxygen atoms in total. The fraction of sp³-hybridized carbons (Fsp3) is 0.400. The zero-order chi connectivity index (χ0) is 13.9. The number of rotatable bonds is 4. The molecule has 1 aliphatic rings. The van der Waals surface area contributed by atoms with Crippen LogP contribution in [0, 0.1) is 5.92 Å². The molecule has 2 heterocycles. The van der Waals surface area contributed by atoms with E-state index in [0.717, 1.165) is 29.7 Å². The Balaban J connectivity index is 1.59. The largest absolute Gasteiger partial charge is 0.352 e. The highest BCUT2D eigenvalue weighted by molar-refractivity contribution is 5.79. The van der Waals surface area contributed by atoms with Gasteiger partial charge in [-0.15, -0.1) is 0 Å². The second-order valence-electron chi connectivity index (χ2n) is 5.30. The number of carbonyl (C=O) groups excluding carboxylic acids is 1. The van der Waals surface area contributed by atoms with Crippen LogP contribution in [0.4, 0.5) is 0 Å². The summed E-state index contributed by atoms with van der Waals surface area (Å²) in [7, 11) is 1.88. The fourth-order valence-electron chi connectivity index (χ4n) is 2.26. The van der Waals surface area contributed by atoms with Crippen molar-refractivity contribution in [2.24, 2.45) is 13.0 Å². The van der Waals surface area contributed by atoms with Crippen LogP contribution in [0.5, 0.6) is 0 Å². The number of hydrogen-bond acceptors (Lipinski definition) is 3. The smallest absolute Gasteiger partial charge is 0.223 e. The zero-order valence-corrected chi connectivity index (χ0v) is 11.5.